The number of hydrogen-bond donors (Lipinski definition) is 1. The minimum Gasteiger partial charge on any atom is -0.497 e. The summed E-state index contributed by atoms with van der Waals surface area (Å²) in [6.07, 6.45) is 2.21. The van der Waals surface area contributed by atoms with E-state index in [0.29, 0.717) is 36.3 Å². The van der Waals surface area contributed by atoms with Crippen LogP contribution in [0.15, 0.2) is 63.1 Å². The lowest BCUT2D eigenvalue weighted by Gasteiger charge is -2.16. The Morgan fingerprint density at radius 1 is 1.15 bits per heavy atom. The molecule has 2 aromatic carbocycles. The van der Waals surface area contributed by atoms with Crippen LogP contribution >= 0.6 is 11.8 Å². The quantitative estimate of drug-likeness (QED) is 0.457. The van der Waals surface area contributed by atoms with Gasteiger partial charge in [-0.3, -0.25) is 4.79 Å². The molecular formula is C22H24N4O5S2. The molecule has 1 aliphatic rings. The van der Waals surface area contributed by atoms with E-state index in [1.165, 1.54) is 10.4 Å². The molecule has 1 saturated heterocycles. The van der Waals surface area contributed by atoms with E-state index in [2.05, 4.69) is 15.5 Å². The third-order valence-electron chi connectivity index (χ3n) is 5.11. The number of ether oxygens (including phenoxy) is 1. The Kier molecular flexibility index (Phi) is 7.31. The Hall–Kier alpha value is -2.89. The molecule has 4 rings (SSSR count). The highest BCUT2D eigenvalue weighted by atomic mass is 32.2. The minimum absolute atomic E-state index is 0.0489. The molecule has 1 aromatic heterocycles. The maximum absolute atomic E-state index is 12.7. The van der Waals surface area contributed by atoms with E-state index in [0.717, 1.165) is 35.9 Å². The number of nitrogens with zero attached hydrogens (tertiary/aromatic N) is 3. The summed E-state index contributed by atoms with van der Waals surface area (Å²) in [5.41, 5.74) is 1.42. The van der Waals surface area contributed by atoms with Crippen molar-refractivity contribution in [3.05, 3.63) is 60.0 Å². The second-order valence-corrected chi connectivity index (χ2v) is 10.3. The summed E-state index contributed by atoms with van der Waals surface area (Å²) >= 11 is 1.12. The van der Waals surface area contributed by atoms with Gasteiger partial charge in [0.15, 0.2) is 0 Å². The summed E-state index contributed by atoms with van der Waals surface area (Å²) in [6.45, 7) is 1.06. The second-order valence-electron chi connectivity index (χ2n) is 7.46. The number of aromatic nitrogens is 2. The van der Waals surface area contributed by atoms with Gasteiger partial charge >= 0.3 is 0 Å². The van der Waals surface area contributed by atoms with Gasteiger partial charge in [-0.05, 0) is 48.7 Å². The Labute approximate surface area is 196 Å². The first-order valence-corrected chi connectivity index (χ1v) is 12.8. The van der Waals surface area contributed by atoms with Crippen LogP contribution in [-0.4, -0.2) is 54.8 Å². The number of nitrogens with one attached hydrogen (secondary N) is 1. The van der Waals surface area contributed by atoms with Crippen molar-refractivity contribution in [3.63, 3.8) is 0 Å². The molecule has 0 saturated carbocycles. The molecule has 1 aliphatic heterocycles. The first-order valence-electron chi connectivity index (χ1n) is 10.4. The number of hydrogen-bond acceptors (Lipinski definition) is 8. The first-order chi connectivity index (χ1) is 15.9. The lowest BCUT2D eigenvalue weighted by molar-refractivity contribution is -0.113. The van der Waals surface area contributed by atoms with Gasteiger partial charge in [-0.15, -0.1) is 10.2 Å². The Bertz CT molecular complexity index is 1210. The first kappa shape index (κ1) is 23.3. The number of methoxy groups -OCH3 is 1. The molecular weight excluding hydrogens is 464 g/mol. The summed E-state index contributed by atoms with van der Waals surface area (Å²) < 4.78 is 37.7. The van der Waals surface area contributed by atoms with Crippen LogP contribution in [0.1, 0.15) is 24.3 Å². The van der Waals surface area contributed by atoms with Crippen LogP contribution in [0.25, 0.3) is 0 Å². The van der Waals surface area contributed by atoms with Crippen LogP contribution in [0.2, 0.25) is 0 Å². The predicted molar refractivity (Wildman–Crippen MR) is 124 cm³/mol. The van der Waals surface area contributed by atoms with Gasteiger partial charge in [-0.2, -0.15) is 4.31 Å². The predicted octanol–water partition coefficient (Wildman–Crippen LogP) is 3.18. The molecule has 0 bridgehead atoms. The Balaban J connectivity index is 1.31. The fourth-order valence-electron chi connectivity index (χ4n) is 3.42. The monoisotopic (exact) mass is 488 g/mol. The summed E-state index contributed by atoms with van der Waals surface area (Å²) in [5, 5.41) is 11.0. The van der Waals surface area contributed by atoms with Gasteiger partial charge in [-0.1, -0.05) is 30.0 Å². The third kappa shape index (κ3) is 5.92. The molecule has 0 atom stereocenters. The highest BCUT2D eigenvalue weighted by Gasteiger charge is 2.27. The van der Waals surface area contributed by atoms with Crippen molar-refractivity contribution < 1.29 is 22.4 Å². The van der Waals surface area contributed by atoms with Crippen LogP contribution in [0, 0.1) is 0 Å². The molecule has 0 spiro atoms. The average Bonchev–Trinajstić information content (AvgIpc) is 3.51. The third-order valence-corrected chi connectivity index (χ3v) is 7.82. The van der Waals surface area contributed by atoms with Crippen molar-refractivity contribution in [1.29, 1.82) is 0 Å². The maximum atomic E-state index is 12.7. The zero-order chi connectivity index (χ0) is 23.3. The lowest BCUT2D eigenvalue weighted by Crippen LogP contribution is -2.28. The van der Waals surface area contributed by atoms with Gasteiger partial charge in [0.2, 0.25) is 21.8 Å². The lowest BCUT2D eigenvalue weighted by atomic mass is 10.1. The fourth-order valence-corrected chi connectivity index (χ4v) is 5.57. The van der Waals surface area contributed by atoms with Crippen molar-refractivity contribution in [3.8, 4) is 5.75 Å². The smallest absolute Gasteiger partial charge is 0.277 e. The number of rotatable bonds is 9. The molecule has 3 aromatic rings. The van der Waals surface area contributed by atoms with Gasteiger partial charge in [0.1, 0.15) is 5.75 Å². The summed E-state index contributed by atoms with van der Waals surface area (Å²) in [7, 11) is -1.93. The SMILES string of the molecule is COc1ccc(Cc2nnc(SCC(=O)Nc3cccc(S(=O)(=O)N4CCCC4)c3)o2)cc1. The minimum atomic E-state index is -3.54. The van der Waals surface area contributed by atoms with E-state index in [1.807, 2.05) is 24.3 Å². The molecule has 11 heteroatoms. The normalized spacial score (nSPS) is 14.3. The van der Waals surface area contributed by atoms with Crippen molar-refractivity contribution in [2.24, 2.45) is 0 Å². The Morgan fingerprint density at radius 3 is 2.64 bits per heavy atom. The number of thioether (sulfide) groups is 1. The van der Waals surface area contributed by atoms with Gasteiger partial charge < -0.3 is 14.5 Å². The molecule has 33 heavy (non-hydrogen) atoms. The van der Waals surface area contributed by atoms with Gasteiger partial charge in [0.25, 0.3) is 5.22 Å². The highest BCUT2D eigenvalue weighted by molar-refractivity contribution is 7.99. The van der Waals surface area contributed by atoms with Gasteiger partial charge in [0.05, 0.1) is 24.2 Å². The van der Waals surface area contributed by atoms with Gasteiger partial charge in [-0.25, -0.2) is 8.42 Å². The zero-order valence-electron chi connectivity index (χ0n) is 18.1. The largest absolute Gasteiger partial charge is 0.497 e. The molecule has 1 amide bonds. The second kappa shape index (κ2) is 10.4. The number of carbonyl (C=O) groups excluding carboxylic acids is 1. The van der Waals surface area contributed by atoms with Gasteiger partial charge in [0, 0.05) is 18.8 Å². The number of amides is 1. The number of carbonyl (C=O) groups is 1. The van der Waals surface area contributed by atoms with E-state index < -0.39 is 10.0 Å². The van der Waals surface area contributed by atoms with E-state index in [4.69, 9.17) is 9.15 Å². The van der Waals surface area contributed by atoms with Crippen molar-refractivity contribution >= 4 is 33.4 Å². The standard InChI is InChI=1S/C22H24N4O5S2/c1-30-18-9-7-16(8-10-18)13-21-24-25-22(31-21)32-15-20(27)23-17-5-4-6-19(14-17)33(28,29)26-11-2-3-12-26/h4-10,14H,2-3,11-13,15H2,1H3,(H,23,27). The molecule has 1 fully saturated rings. The van der Waals surface area contributed by atoms with Crippen LogP contribution in [0.4, 0.5) is 5.69 Å². The van der Waals surface area contributed by atoms with Crippen LogP contribution in [-0.2, 0) is 21.2 Å². The highest BCUT2D eigenvalue weighted by Crippen LogP contribution is 2.24. The van der Waals surface area contributed by atoms with Crippen molar-refractivity contribution in [2.75, 3.05) is 31.3 Å². The molecule has 174 valence electrons. The number of sulfonamides is 1. The molecule has 0 unspecified atom stereocenters. The molecule has 2 heterocycles. The summed E-state index contributed by atoms with van der Waals surface area (Å²) in [4.78, 5) is 12.5. The van der Waals surface area contributed by atoms with E-state index >= 15 is 0 Å². The molecule has 1 N–H and O–H groups in total. The molecule has 0 aliphatic carbocycles. The van der Waals surface area contributed by atoms with E-state index in [9.17, 15) is 13.2 Å². The summed E-state index contributed by atoms with van der Waals surface area (Å²) in [6, 6.07) is 13.9. The average molecular weight is 489 g/mol. The van der Waals surface area contributed by atoms with Crippen LogP contribution in [0.5, 0.6) is 5.75 Å². The van der Waals surface area contributed by atoms with E-state index in [-0.39, 0.29) is 16.6 Å². The van der Waals surface area contributed by atoms with E-state index in [1.54, 1.807) is 25.3 Å². The maximum Gasteiger partial charge on any atom is 0.277 e. The number of benzene rings is 2. The topological polar surface area (TPSA) is 115 Å². The van der Waals surface area contributed by atoms with Crippen molar-refractivity contribution in [1.82, 2.24) is 14.5 Å². The fraction of sp³-hybridized carbons (Fsp3) is 0.318. The van der Waals surface area contributed by atoms with Crippen LogP contribution < -0.4 is 10.1 Å². The molecule has 9 nitrogen and oxygen atoms in total. The zero-order valence-corrected chi connectivity index (χ0v) is 19.7. The molecule has 0 radical (unpaired) electrons. The summed E-state index contributed by atoms with van der Waals surface area (Å²) in [5.74, 6) is 0.965. The van der Waals surface area contributed by atoms with Crippen LogP contribution in [0.3, 0.4) is 0 Å². The Morgan fingerprint density at radius 2 is 1.91 bits per heavy atom. The van der Waals surface area contributed by atoms with Crippen molar-refractivity contribution in [2.45, 2.75) is 29.4 Å². The number of anilines is 1.